The third-order valence-electron chi connectivity index (χ3n) is 3.85. The Labute approximate surface area is 157 Å². The lowest BCUT2D eigenvalue weighted by Crippen LogP contribution is -2.46. The van der Waals surface area contributed by atoms with Crippen molar-refractivity contribution in [1.29, 1.82) is 0 Å². The van der Waals surface area contributed by atoms with Gasteiger partial charge in [-0.05, 0) is 13.5 Å². The Balaban J connectivity index is 4.36. The summed E-state index contributed by atoms with van der Waals surface area (Å²) < 4.78 is 0. The van der Waals surface area contributed by atoms with Crippen LogP contribution >= 0.6 is 12.6 Å². The van der Waals surface area contributed by atoms with Gasteiger partial charge in [-0.2, -0.15) is 12.6 Å². The second-order valence-corrected chi connectivity index (χ2v) is 7.60. The number of thiol groups is 1. The largest absolute Gasteiger partial charge is 0.344 e. The molecule has 0 fully saturated rings. The van der Waals surface area contributed by atoms with E-state index in [1.54, 1.807) is 26.0 Å². The quantitative estimate of drug-likeness (QED) is 0.532. The Morgan fingerprint density at radius 1 is 0.840 bits per heavy atom. The smallest absolute Gasteiger partial charge is 0.242 e. The summed E-state index contributed by atoms with van der Waals surface area (Å²) in [5, 5.41) is 0.173. The molecule has 25 heavy (non-hydrogen) atoms. The van der Waals surface area contributed by atoms with E-state index >= 15 is 0 Å². The van der Waals surface area contributed by atoms with E-state index in [4.69, 9.17) is 0 Å². The highest BCUT2D eigenvalue weighted by atomic mass is 32.1. The summed E-state index contributed by atoms with van der Waals surface area (Å²) >= 11 is 4.30. The lowest BCUT2D eigenvalue weighted by Gasteiger charge is -2.25. The van der Waals surface area contributed by atoms with Crippen LogP contribution in [0.5, 0.6) is 0 Å². The molecule has 0 rings (SSSR count). The van der Waals surface area contributed by atoms with Crippen LogP contribution in [0, 0.1) is 0 Å². The zero-order valence-electron chi connectivity index (χ0n) is 16.5. The number of carbonyl (C=O) groups is 3. The van der Waals surface area contributed by atoms with Crippen LogP contribution in [0.15, 0.2) is 0 Å². The number of likely N-dealkylation sites (N-methyl/N-ethyl adjacent to an activating group) is 4. The predicted molar refractivity (Wildman–Crippen MR) is 104 cm³/mol. The molecule has 1 atom stereocenters. The van der Waals surface area contributed by atoms with Gasteiger partial charge in [-0.25, -0.2) is 0 Å². The van der Waals surface area contributed by atoms with Crippen LogP contribution in [0.3, 0.4) is 0 Å². The molecule has 7 nitrogen and oxygen atoms in total. The molecule has 0 aliphatic carbocycles. The van der Waals surface area contributed by atoms with Crippen molar-refractivity contribution >= 4 is 30.4 Å². The molecule has 0 aromatic heterocycles. The molecular weight excluding hydrogens is 340 g/mol. The van der Waals surface area contributed by atoms with Crippen LogP contribution in [0.25, 0.3) is 0 Å². The summed E-state index contributed by atoms with van der Waals surface area (Å²) in [5.74, 6) is -0.483. The van der Waals surface area contributed by atoms with Crippen molar-refractivity contribution in [2.45, 2.75) is 31.9 Å². The Hall–Kier alpha value is -1.28. The summed E-state index contributed by atoms with van der Waals surface area (Å²) in [6, 6.07) is 0. The van der Waals surface area contributed by atoms with Crippen molar-refractivity contribution in [1.82, 2.24) is 19.6 Å². The molecule has 0 radical (unpaired) electrons. The SMILES string of the molecule is CCCCN(C)C(=O)CN(C)C(=O)CN(C)C(=O)CN(C)CC(C)S. The average molecular weight is 375 g/mol. The molecule has 8 heteroatoms. The molecule has 1 unspecified atom stereocenters. The number of amides is 3. The topological polar surface area (TPSA) is 64.2 Å². The Kier molecular flexibility index (Phi) is 11.5. The number of rotatable bonds is 11. The van der Waals surface area contributed by atoms with E-state index in [0.29, 0.717) is 13.1 Å². The van der Waals surface area contributed by atoms with Gasteiger partial charge in [0.25, 0.3) is 0 Å². The molecule has 146 valence electrons. The van der Waals surface area contributed by atoms with Gasteiger partial charge >= 0.3 is 0 Å². The monoisotopic (exact) mass is 374 g/mol. The van der Waals surface area contributed by atoms with Gasteiger partial charge in [-0.1, -0.05) is 20.3 Å². The second-order valence-electron chi connectivity index (χ2n) is 6.71. The molecule has 0 aromatic carbocycles. The maximum atomic E-state index is 12.2. The van der Waals surface area contributed by atoms with Crippen molar-refractivity contribution < 1.29 is 14.4 Å². The number of hydrogen-bond donors (Lipinski definition) is 1. The zero-order valence-corrected chi connectivity index (χ0v) is 17.4. The standard InChI is InChI=1S/C17H34N4O3S/c1-7-8-9-19(4)16(23)12-21(6)17(24)13-20(5)15(22)11-18(3)10-14(2)25/h14,25H,7-13H2,1-6H3. The predicted octanol–water partition coefficient (Wildman–Crippen LogP) is 0.412. The number of nitrogens with zero attached hydrogens (tertiary/aromatic N) is 4. The third-order valence-corrected chi connectivity index (χ3v) is 4.01. The molecule has 3 amide bonds. The first-order valence-electron chi connectivity index (χ1n) is 8.66. The van der Waals surface area contributed by atoms with Crippen molar-refractivity contribution in [3.8, 4) is 0 Å². The first kappa shape index (κ1) is 23.7. The van der Waals surface area contributed by atoms with Crippen molar-refractivity contribution in [3.63, 3.8) is 0 Å². The van der Waals surface area contributed by atoms with Crippen LogP contribution < -0.4 is 0 Å². The van der Waals surface area contributed by atoms with Gasteiger partial charge in [0.15, 0.2) is 0 Å². The highest BCUT2D eigenvalue weighted by Crippen LogP contribution is 1.99. The van der Waals surface area contributed by atoms with E-state index in [1.807, 2.05) is 18.9 Å². The Morgan fingerprint density at radius 2 is 1.28 bits per heavy atom. The van der Waals surface area contributed by atoms with Crippen molar-refractivity contribution in [3.05, 3.63) is 0 Å². The van der Waals surface area contributed by atoms with Crippen LogP contribution in [0.1, 0.15) is 26.7 Å². The van der Waals surface area contributed by atoms with Crippen LogP contribution in [-0.4, -0.2) is 103 Å². The maximum absolute atomic E-state index is 12.2. The van der Waals surface area contributed by atoms with Crippen LogP contribution in [0.4, 0.5) is 0 Å². The summed E-state index contributed by atoms with van der Waals surface area (Å²) in [5.41, 5.74) is 0. The molecule has 0 saturated heterocycles. The van der Waals surface area contributed by atoms with Crippen LogP contribution in [-0.2, 0) is 14.4 Å². The summed E-state index contributed by atoms with van der Waals surface area (Å²) in [4.78, 5) is 42.7. The van der Waals surface area contributed by atoms with Gasteiger partial charge in [0.05, 0.1) is 19.6 Å². The van der Waals surface area contributed by atoms with E-state index in [9.17, 15) is 14.4 Å². The fraction of sp³-hybridized carbons (Fsp3) is 0.824. The summed E-state index contributed by atoms with van der Waals surface area (Å²) in [6.45, 7) is 5.62. The van der Waals surface area contributed by atoms with E-state index < -0.39 is 0 Å². The normalized spacial score (nSPS) is 12.0. The molecule has 0 aliphatic rings. The summed E-state index contributed by atoms with van der Waals surface area (Å²) in [6.07, 6.45) is 1.95. The Bertz CT molecular complexity index is 446. The second kappa shape index (κ2) is 12.1. The van der Waals surface area contributed by atoms with Crippen LogP contribution in [0.2, 0.25) is 0 Å². The number of hydrogen-bond acceptors (Lipinski definition) is 5. The lowest BCUT2D eigenvalue weighted by atomic mass is 10.3. The minimum Gasteiger partial charge on any atom is -0.344 e. The van der Waals surface area contributed by atoms with Gasteiger partial charge in [0.2, 0.25) is 17.7 Å². The van der Waals surface area contributed by atoms with E-state index in [-0.39, 0.29) is 42.6 Å². The minimum absolute atomic E-state index is 0.0259. The lowest BCUT2D eigenvalue weighted by molar-refractivity contribution is -0.142. The van der Waals surface area contributed by atoms with E-state index in [1.165, 1.54) is 9.80 Å². The fourth-order valence-electron chi connectivity index (χ4n) is 2.21. The summed E-state index contributed by atoms with van der Waals surface area (Å²) in [7, 11) is 6.77. The third kappa shape index (κ3) is 10.3. The minimum atomic E-state index is -0.252. The molecular formula is C17H34N4O3S. The van der Waals surface area contributed by atoms with E-state index in [0.717, 1.165) is 12.8 Å². The zero-order chi connectivity index (χ0) is 19.6. The highest BCUT2D eigenvalue weighted by molar-refractivity contribution is 7.80. The Morgan fingerprint density at radius 3 is 1.72 bits per heavy atom. The number of carbonyl (C=O) groups excluding carboxylic acids is 3. The number of unbranched alkanes of at least 4 members (excludes halogenated alkanes) is 1. The molecule has 0 N–H and O–H groups in total. The van der Waals surface area contributed by atoms with E-state index in [2.05, 4.69) is 19.6 Å². The molecule has 0 heterocycles. The van der Waals surface area contributed by atoms with Gasteiger partial charge in [0, 0.05) is 39.5 Å². The molecule has 0 saturated carbocycles. The van der Waals surface area contributed by atoms with Gasteiger partial charge in [0.1, 0.15) is 0 Å². The molecule has 0 aromatic rings. The first-order valence-corrected chi connectivity index (χ1v) is 9.18. The van der Waals surface area contributed by atoms with Crippen molar-refractivity contribution in [2.24, 2.45) is 0 Å². The molecule has 0 aliphatic heterocycles. The highest BCUT2D eigenvalue weighted by Gasteiger charge is 2.20. The molecule has 0 bridgehead atoms. The van der Waals surface area contributed by atoms with Gasteiger partial charge < -0.3 is 14.7 Å². The first-order chi connectivity index (χ1) is 11.6. The fourth-order valence-corrected chi connectivity index (χ4v) is 2.49. The van der Waals surface area contributed by atoms with Gasteiger partial charge in [-0.15, -0.1) is 0 Å². The average Bonchev–Trinajstić information content (AvgIpc) is 2.50. The van der Waals surface area contributed by atoms with Gasteiger partial charge in [-0.3, -0.25) is 19.3 Å². The maximum Gasteiger partial charge on any atom is 0.242 e. The van der Waals surface area contributed by atoms with Crippen molar-refractivity contribution in [2.75, 3.05) is 60.9 Å². The molecule has 0 spiro atoms.